The zero-order valence-electron chi connectivity index (χ0n) is 13.7. The highest BCUT2D eigenvalue weighted by atomic mass is 35.6. The summed E-state index contributed by atoms with van der Waals surface area (Å²) >= 11 is 17.6. The van der Waals surface area contributed by atoms with Crippen LogP contribution in [0.1, 0.15) is 17.5 Å². The second kappa shape index (κ2) is 9.81. The second-order valence-electron chi connectivity index (χ2n) is 5.54. The maximum atomic E-state index is 12.3. The van der Waals surface area contributed by atoms with Crippen LogP contribution in [0, 0.1) is 5.92 Å². The fraction of sp³-hybridized carbons (Fsp3) is 0.263. The molecule has 0 fully saturated rings. The van der Waals surface area contributed by atoms with E-state index >= 15 is 0 Å². The number of benzene rings is 2. The van der Waals surface area contributed by atoms with Crippen molar-refractivity contribution in [2.24, 2.45) is 5.92 Å². The van der Waals surface area contributed by atoms with Gasteiger partial charge in [-0.25, -0.2) is 0 Å². The predicted molar refractivity (Wildman–Crippen MR) is 101 cm³/mol. The van der Waals surface area contributed by atoms with E-state index in [9.17, 15) is 9.59 Å². The highest BCUT2D eigenvalue weighted by molar-refractivity contribution is 6.68. The molecule has 138 valence electrons. The summed E-state index contributed by atoms with van der Waals surface area (Å²) in [7, 11) is 0. The molecule has 0 heterocycles. The summed E-state index contributed by atoms with van der Waals surface area (Å²) in [6.07, 6.45) is -0.392. The minimum Gasteiger partial charge on any atom is -0.461 e. The number of halogens is 3. The van der Waals surface area contributed by atoms with Gasteiger partial charge in [0.2, 0.25) is 3.79 Å². The molecule has 0 aliphatic heterocycles. The van der Waals surface area contributed by atoms with E-state index < -0.39 is 28.1 Å². The van der Waals surface area contributed by atoms with Crippen LogP contribution in [0.5, 0.6) is 0 Å². The topological polar surface area (TPSA) is 52.6 Å². The Balaban J connectivity index is 1.91. The Hall–Kier alpha value is -1.75. The number of carbonyl (C=O) groups is 2. The van der Waals surface area contributed by atoms with Crippen LogP contribution in [0.25, 0.3) is 0 Å². The molecule has 0 saturated carbocycles. The molecule has 1 unspecified atom stereocenters. The number of esters is 2. The van der Waals surface area contributed by atoms with E-state index in [1.165, 1.54) is 0 Å². The maximum Gasteiger partial charge on any atom is 0.314 e. The Morgan fingerprint density at radius 1 is 0.808 bits per heavy atom. The summed E-state index contributed by atoms with van der Waals surface area (Å²) < 4.78 is 8.34. The van der Waals surface area contributed by atoms with Gasteiger partial charge in [-0.2, -0.15) is 0 Å². The molecular weight excluding hydrogens is 399 g/mol. The fourth-order valence-electron chi connectivity index (χ4n) is 2.13. The highest BCUT2D eigenvalue weighted by Gasteiger charge is 2.41. The van der Waals surface area contributed by atoms with Gasteiger partial charge in [0, 0.05) is 0 Å². The zero-order chi connectivity index (χ0) is 19.0. The molecule has 0 N–H and O–H groups in total. The SMILES string of the molecule is O=C(CC(C(=O)OCc1ccccc1)C(Cl)(Cl)Cl)OCc1ccccc1. The first kappa shape index (κ1) is 20.6. The average molecular weight is 416 g/mol. The summed E-state index contributed by atoms with van der Waals surface area (Å²) in [6.45, 7) is 0.0985. The smallest absolute Gasteiger partial charge is 0.314 e. The van der Waals surface area contributed by atoms with E-state index in [0.29, 0.717) is 0 Å². The van der Waals surface area contributed by atoms with Crippen LogP contribution >= 0.6 is 34.8 Å². The molecule has 0 aliphatic rings. The van der Waals surface area contributed by atoms with E-state index in [2.05, 4.69) is 0 Å². The van der Waals surface area contributed by atoms with Crippen LogP contribution in [0.3, 0.4) is 0 Å². The summed E-state index contributed by atoms with van der Waals surface area (Å²) in [6, 6.07) is 18.2. The number of hydrogen-bond donors (Lipinski definition) is 0. The van der Waals surface area contributed by atoms with Gasteiger partial charge in [0.05, 0.1) is 6.42 Å². The van der Waals surface area contributed by atoms with Gasteiger partial charge in [0.15, 0.2) is 0 Å². The third-order valence-corrected chi connectivity index (χ3v) is 4.31. The molecule has 0 radical (unpaired) electrons. The highest BCUT2D eigenvalue weighted by Crippen LogP contribution is 2.38. The van der Waals surface area contributed by atoms with Gasteiger partial charge in [-0.05, 0) is 11.1 Å². The second-order valence-corrected chi connectivity index (χ2v) is 7.91. The molecule has 1 atom stereocenters. The molecule has 0 spiro atoms. The van der Waals surface area contributed by atoms with Crippen LogP contribution < -0.4 is 0 Å². The minimum atomic E-state index is -1.99. The maximum absolute atomic E-state index is 12.3. The Bertz CT molecular complexity index is 715. The third-order valence-electron chi connectivity index (χ3n) is 3.52. The van der Waals surface area contributed by atoms with Crippen LogP contribution in [-0.2, 0) is 32.3 Å². The standard InChI is InChI=1S/C19H17Cl3O4/c20-19(21,22)16(18(24)26-13-15-9-5-2-6-10-15)11-17(23)25-12-14-7-3-1-4-8-14/h1-10,16H,11-13H2. The van der Waals surface area contributed by atoms with Crippen LogP contribution in [-0.4, -0.2) is 15.7 Å². The van der Waals surface area contributed by atoms with Gasteiger partial charge < -0.3 is 9.47 Å². The summed E-state index contributed by atoms with van der Waals surface area (Å²) in [4.78, 5) is 24.3. The van der Waals surface area contributed by atoms with Crippen molar-refractivity contribution in [3.8, 4) is 0 Å². The van der Waals surface area contributed by atoms with Gasteiger partial charge in [0.25, 0.3) is 0 Å². The first-order valence-corrected chi connectivity index (χ1v) is 8.96. The van der Waals surface area contributed by atoms with Crippen molar-refractivity contribution in [1.29, 1.82) is 0 Å². The van der Waals surface area contributed by atoms with Gasteiger partial charge >= 0.3 is 11.9 Å². The number of hydrogen-bond acceptors (Lipinski definition) is 4. The van der Waals surface area contributed by atoms with Crippen molar-refractivity contribution in [1.82, 2.24) is 0 Å². The number of rotatable bonds is 7. The van der Waals surface area contributed by atoms with E-state index in [0.717, 1.165) is 11.1 Å². The molecule has 0 aromatic heterocycles. The molecular formula is C19H17Cl3O4. The van der Waals surface area contributed by atoms with Gasteiger partial charge in [-0.1, -0.05) is 95.5 Å². The van der Waals surface area contributed by atoms with E-state index in [-0.39, 0.29) is 13.2 Å². The molecule has 0 bridgehead atoms. The van der Waals surface area contributed by atoms with Gasteiger partial charge in [-0.15, -0.1) is 0 Å². The fourth-order valence-corrected chi connectivity index (χ4v) is 2.62. The van der Waals surface area contributed by atoms with E-state index in [4.69, 9.17) is 44.3 Å². The van der Waals surface area contributed by atoms with Crippen molar-refractivity contribution >= 4 is 46.7 Å². The molecule has 2 rings (SSSR count). The lowest BCUT2D eigenvalue weighted by atomic mass is 10.1. The molecule has 0 aliphatic carbocycles. The third kappa shape index (κ3) is 6.87. The number of carbonyl (C=O) groups excluding carboxylic acids is 2. The van der Waals surface area contributed by atoms with Gasteiger partial charge in [0.1, 0.15) is 19.1 Å². The number of ether oxygens (including phenoxy) is 2. The first-order chi connectivity index (χ1) is 12.4. The van der Waals surface area contributed by atoms with Crippen LogP contribution in [0.2, 0.25) is 0 Å². The van der Waals surface area contributed by atoms with Crippen molar-refractivity contribution < 1.29 is 19.1 Å². The Morgan fingerprint density at radius 2 is 1.27 bits per heavy atom. The minimum absolute atomic E-state index is 0.0238. The molecule has 26 heavy (non-hydrogen) atoms. The average Bonchev–Trinajstić information content (AvgIpc) is 2.63. The Kier molecular flexibility index (Phi) is 7.76. The largest absolute Gasteiger partial charge is 0.461 e. The van der Waals surface area contributed by atoms with Crippen molar-refractivity contribution in [3.05, 3.63) is 71.8 Å². The number of alkyl halides is 3. The van der Waals surface area contributed by atoms with Crippen LogP contribution in [0.4, 0.5) is 0 Å². The van der Waals surface area contributed by atoms with E-state index in [1.54, 1.807) is 12.1 Å². The lowest BCUT2D eigenvalue weighted by molar-refractivity contribution is -0.156. The monoisotopic (exact) mass is 414 g/mol. The zero-order valence-corrected chi connectivity index (χ0v) is 16.0. The Labute approximate surface area is 167 Å². The quantitative estimate of drug-likeness (QED) is 0.479. The van der Waals surface area contributed by atoms with Crippen LogP contribution in [0.15, 0.2) is 60.7 Å². The summed E-state index contributed by atoms with van der Waals surface area (Å²) in [5.41, 5.74) is 1.61. The van der Waals surface area contributed by atoms with Crippen molar-refractivity contribution in [2.45, 2.75) is 23.4 Å². The molecule has 0 saturated heterocycles. The molecule has 7 heteroatoms. The normalized spacial score (nSPS) is 12.3. The van der Waals surface area contributed by atoms with Crippen molar-refractivity contribution in [2.75, 3.05) is 0 Å². The molecule has 0 amide bonds. The lowest BCUT2D eigenvalue weighted by Crippen LogP contribution is -2.32. The molecule has 2 aromatic rings. The van der Waals surface area contributed by atoms with E-state index in [1.807, 2.05) is 48.5 Å². The molecule has 2 aromatic carbocycles. The first-order valence-electron chi connectivity index (χ1n) is 7.83. The lowest BCUT2D eigenvalue weighted by Gasteiger charge is -2.22. The predicted octanol–water partition coefficient (Wildman–Crippen LogP) is 4.85. The summed E-state index contributed by atoms with van der Waals surface area (Å²) in [5, 5.41) is 0. The Morgan fingerprint density at radius 3 is 1.73 bits per heavy atom. The van der Waals surface area contributed by atoms with Crippen molar-refractivity contribution in [3.63, 3.8) is 0 Å². The summed E-state index contributed by atoms with van der Waals surface area (Å²) in [5.74, 6) is -2.69. The molecule has 4 nitrogen and oxygen atoms in total. The van der Waals surface area contributed by atoms with Gasteiger partial charge in [-0.3, -0.25) is 9.59 Å².